The summed E-state index contributed by atoms with van der Waals surface area (Å²) in [5.74, 6) is 0. The molecule has 122 valence electrons. The van der Waals surface area contributed by atoms with Crippen molar-refractivity contribution in [3.8, 4) is 0 Å². The molecule has 3 rings (SSSR count). The molecule has 2 aromatic rings. The van der Waals surface area contributed by atoms with E-state index in [-0.39, 0.29) is 12.1 Å². The molecule has 1 aliphatic rings. The number of anilines is 1. The molecule has 1 aliphatic heterocycles. The van der Waals surface area contributed by atoms with Crippen LogP contribution in [0.4, 0.5) is 10.5 Å². The fourth-order valence-electron chi connectivity index (χ4n) is 2.81. The summed E-state index contributed by atoms with van der Waals surface area (Å²) < 4.78 is 5.44. The quantitative estimate of drug-likeness (QED) is 0.919. The van der Waals surface area contributed by atoms with Crippen molar-refractivity contribution in [2.24, 2.45) is 0 Å². The van der Waals surface area contributed by atoms with E-state index in [2.05, 4.69) is 22.4 Å². The van der Waals surface area contributed by atoms with Gasteiger partial charge in [-0.1, -0.05) is 18.2 Å². The maximum Gasteiger partial charge on any atom is 0.410 e. The first kappa shape index (κ1) is 15.6. The standard InChI is InChI=1S/C18H23N3O2/c1-18(2,3)23-17(22)21-11-9-14(12-21)20-15-8-4-6-13-7-5-10-19-16(13)15/h4-8,10,14,20H,9,11-12H2,1-3H3. The lowest BCUT2D eigenvalue weighted by molar-refractivity contribution is 0.0293. The SMILES string of the molecule is CC(C)(C)OC(=O)N1CCC(Nc2cccc3cccnc23)C1. The average molecular weight is 313 g/mol. The van der Waals surface area contributed by atoms with Gasteiger partial charge in [-0.15, -0.1) is 0 Å². The summed E-state index contributed by atoms with van der Waals surface area (Å²) in [5, 5.41) is 4.63. The fraction of sp³-hybridized carbons (Fsp3) is 0.444. The second kappa shape index (κ2) is 6.07. The summed E-state index contributed by atoms with van der Waals surface area (Å²) >= 11 is 0. The molecule has 23 heavy (non-hydrogen) atoms. The van der Waals surface area contributed by atoms with Gasteiger partial charge in [0.25, 0.3) is 0 Å². The first-order valence-electron chi connectivity index (χ1n) is 8.00. The Morgan fingerprint density at radius 2 is 2.09 bits per heavy atom. The van der Waals surface area contributed by atoms with E-state index >= 15 is 0 Å². The van der Waals surface area contributed by atoms with E-state index in [1.807, 2.05) is 39.0 Å². The monoisotopic (exact) mass is 313 g/mol. The van der Waals surface area contributed by atoms with Gasteiger partial charge in [-0.25, -0.2) is 4.79 Å². The molecule has 0 aliphatic carbocycles. The summed E-state index contributed by atoms with van der Waals surface area (Å²) in [5.41, 5.74) is 1.52. The van der Waals surface area contributed by atoms with Crippen molar-refractivity contribution in [2.45, 2.75) is 38.8 Å². The molecule has 0 radical (unpaired) electrons. The minimum atomic E-state index is -0.456. The van der Waals surface area contributed by atoms with E-state index in [1.165, 1.54) is 0 Å². The Kier molecular flexibility index (Phi) is 4.11. The number of para-hydroxylation sites is 1. The number of hydrogen-bond acceptors (Lipinski definition) is 4. The summed E-state index contributed by atoms with van der Waals surface area (Å²) in [6, 6.07) is 10.3. The van der Waals surface area contributed by atoms with Crippen LogP contribution in [0.25, 0.3) is 10.9 Å². The van der Waals surface area contributed by atoms with Crippen molar-refractivity contribution in [1.82, 2.24) is 9.88 Å². The van der Waals surface area contributed by atoms with Crippen LogP contribution < -0.4 is 5.32 Å². The van der Waals surface area contributed by atoms with Crippen molar-refractivity contribution in [3.05, 3.63) is 36.5 Å². The lowest BCUT2D eigenvalue weighted by atomic mass is 10.1. The third-order valence-corrected chi connectivity index (χ3v) is 3.83. The Morgan fingerprint density at radius 3 is 2.87 bits per heavy atom. The molecule has 2 heterocycles. The Bertz CT molecular complexity index is 703. The minimum absolute atomic E-state index is 0.218. The van der Waals surface area contributed by atoms with Gasteiger partial charge in [-0.3, -0.25) is 4.98 Å². The molecule has 1 unspecified atom stereocenters. The van der Waals surface area contributed by atoms with Crippen molar-refractivity contribution >= 4 is 22.7 Å². The largest absolute Gasteiger partial charge is 0.444 e. The number of hydrogen-bond donors (Lipinski definition) is 1. The van der Waals surface area contributed by atoms with Gasteiger partial charge in [0.2, 0.25) is 0 Å². The van der Waals surface area contributed by atoms with E-state index in [9.17, 15) is 4.79 Å². The van der Waals surface area contributed by atoms with Crippen molar-refractivity contribution in [2.75, 3.05) is 18.4 Å². The Hall–Kier alpha value is -2.30. The van der Waals surface area contributed by atoms with Crippen LogP contribution in [-0.2, 0) is 4.74 Å². The average Bonchev–Trinajstić information content (AvgIpc) is 2.95. The number of ether oxygens (including phenoxy) is 1. The van der Waals surface area contributed by atoms with E-state index in [4.69, 9.17) is 4.74 Å². The summed E-state index contributed by atoms with van der Waals surface area (Å²) in [6.07, 6.45) is 2.47. The topological polar surface area (TPSA) is 54.5 Å². The zero-order valence-corrected chi connectivity index (χ0v) is 13.9. The summed E-state index contributed by atoms with van der Waals surface area (Å²) in [4.78, 5) is 18.4. The molecule has 1 aromatic heterocycles. The zero-order chi connectivity index (χ0) is 16.4. The fourth-order valence-corrected chi connectivity index (χ4v) is 2.81. The van der Waals surface area contributed by atoms with Crippen molar-refractivity contribution in [3.63, 3.8) is 0 Å². The lowest BCUT2D eigenvalue weighted by Crippen LogP contribution is -2.36. The van der Waals surface area contributed by atoms with Crippen molar-refractivity contribution < 1.29 is 9.53 Å². The number of amides is 1. The molecular formula is C18H23N3O2. The van der Waals surface area contributed by atoms with Gasteiger partial charge in [0, 0.05) is 30.7 Å². The molecule has 0 spiro atoms. The maximum absolute atomic E-state index is 12.1. The van der Waals surface area contributed by atoms with Crippen LogP contribution >= 0.6 is 0 Å². The van der Waals surface area contributed by atoms with Crippen LogP contribution in [-0.4, -0.2) is 40.7 Å². The van der Waals surface area contributed by atoms with Gasteiger partial charge in [0.1, 0.15) is 5.60 Å². The number of carbonyl (C=O) groups is 1. The molecule has 1 N–H and O–H groups in total. The number of aromatic nitrogens is 1. The van der Waals surface area contributed by atoms with Crippen LogP contribution in [0.15, 0.2) is 36.5 Å². The molecule has 0 bridgehead atoms. The number of fused-ring (bicyclic) bond motifs is 1. The molecule has 1 fully saturated rings. The van der Waals surface area contributed by atoms with Crippen LogP contribution in [0, 0.1) is 0 Å². The number of nitrogens with one attached hydrogen (secondary N) is 1. The molecule has 1 amide bonds. The van der Waals surface area contributed by atoms with Crippen LogP contribution in [0.2, 0.25) is 0 Å². The number of rotatable bonds is 2. The van der Waals surface area contributed by atoms with E-state index in [0.29, 0.717) is 13.1 Å². The van der Waals surface area contributed by atoms with E-state index in [1.54, 1.807) is 11.1 Å². The maximum atomic E-state index is 12.1. The predicted octanol–water partition coefficient (Wildman–Crippen LogP) is 3.66. The first-order valence-corrected chi connectivity index (χ1v) is 8.00. The third-order valence-electron chi connectivity index (χ3n) is 3.83. The number of carbonyl (C=O) groups excluding carboxylic acids is 1. The highest BCUT2D eigenvalue weighted by Gasteiger charge is 2.29. The molecular weight excluding hydrogens is 290 g/mol. The Morgan fingerprint density at radius 1 is 1.30 bits per heavy atom. The van der Waals surface area contributed by atoms with E-state index < -0.39 is 5.60 Å². The molecule has 5 heteroatoms. The predicted molar refractivity (Wildman–Crippen MR) is 91.6 cm³/mol. The minimum Gasteiger partial charge on any atom is -0.444 e. The first-order chi connectivity index (χ1) is 10.9. The number of benzene rings is 1. The molecule has 0 saturated carbocycles. The second-order valence-corrected chi connectivity index (χ2v) is 6.94. The molecule has 5 nitrogen and oxygen atoms in total. The van der Waals surface area contributed by atoms with Gasteiger partial charge in [-0.05, 0) is 39.3 Å². The Labute approximate surface area is 136 Å². The molecule has 1 atom stereocenters. The van der Waals surface area contributed by atoms with Gasteiger partial charge in [-0.2, -0.15) is 0 Å². The van der Waals surface area contributed by atoms with Crippen LogP contribution in [0.3, 0.4) is 0 Å². The highest BCUT2D eigenvalue weighted by molar-refractivity contribution is 5.90. The van der Waals surface area contributed by atoms with Crippen molar-refractivity contribution in [1.29, 1.82) is 0 Å². The van der Waals surface area contributed by atoms with Gasteiger partial charge >= 0.3 is 6.09 Å². The highest BCUT2D eigenvalue weighted by Crippen LogP contribution is 2.24. The van der Waals surface area contributed by atoms with Gasteiger partial charge in [0.05, 0.1) is 11.2 Å². The Balaban J connectivity index is 1.67. The van der Waals surface area contributed by atoms with Crippen LogP contribution in [0.5, 0.6) is 0 Å². The second-order valence-electron chi connectivity index (χ2n) is 6.94. The van der Waals surface area contributed by atoms with Crippen LogP contribution in [0.1, 0.15) is 27.2 Å². The highest BCUT2D eigenvalue weighted by atomic mass is 16.6. The van der Waals surface area contributed by atoms with Gasteiger partial charge < -0.3 is 15.0 Å². The smallest absolute Gasteiger partial charge is 0.410 e. The number of likely N-dealkylation sites (tertiary alicyclic amines) is 1. The summed E-state index contributed by atoms with van der Waals surface area (Å²) in [6.45, 7) is 7.03. The zero-order valence-electron chi connectivity index (χ0n) is 13.9. The number of nitrogens with zero attached hydrogens (tertiary/aromatic N) is 2. The summed E-state index contributed by atoms with van der Waals surface area (Å²) in [7, 11) is 0. The number of pyridine rings is 1. The van der Waals surface area contributed by atoms with E-state index in [0.717, 1.165) is 23.0 Å². The lowest BCUT2D eigenvalue weighted by Gasteiger charge is -2.24. The third kappa shape index (κ3) is 3.73. The molecule has 1 saturated heterocycles. The molecule has 1 aromatic carbocycles. The van der Waals surface area contributed by atoms with Gasteiger partial charge in [0.15, 0.2) is 0 Å². The normalized spacial score (nSPS) is 18.2.